The molecule has 0 amide bonds. The zero-order valence-electron chi connectivity index (χ0n) is 10.3. The zero-order valence-corrected chi connectivity index (χ0v) is 11.1. The zero-order chi connectivity index (χ0) is 13.0. The van der Waals surface area contributed by atoms with Crippen LogP contribution in [0.25, 0.3) is 0 Å². The van der Waals surface area contributed by atoms with Crippen molar-refractivity contribution >= 4 is 11.6 Å². The van der Waals surface area contributed by atoms with Crippen molar-refractivity contribution in [2.24, 2.45) is 5.73 Å². The number of nitrogens with two attached hydrogens (primary N) is 1. The maximum atomic E-state index is 5.83. The molecule has 0 saturated carbocycles. The van der Waals surface area contributed by atoms with Crippen molar-refractivity contribution in [3.05, 3.63) is 58.6 Å². The largest absolute Gasteiger partial charge is 0.457 e. The summed E-state index contributed by atoms with van der Waals surface area (Å²) in [6.45, 7) is 2.73. The second-order valence-corrected chi connectivity index (χ2v) is 4.62. The lowest BCUT2D eigenvalue weighted by atomic mass is 10.1. The van der Waals surface area contributed by atoms with Crippen LogP contribution in [0.1, 0.15) is 11.1 Å². The van der Waals surface area contributed by atoms with Gasteiger partial charge < -0.3 is 10.5 Å². The van der Waals surface area contributed by atoms with Gasteiger partial charge in [0.1, 0.15) is 11.5 Å². The van der Waals surface area contributed by atoms with Crippen molar-refractivity contribution in [1.82, 2.24) is 0 Å². The summed E-state index contributed by atoms with van der Waals surface area (Å²) in [6.07, 6.45) is 0.896. The molecule has 0 aromatic heterocycles. The molecule has 0 spiro atoms. The Labute approximate surface area is 112 Å². The fraction of sp³-hybridized carbons (Fsp3) is 0.200. The lowest BCUT2D eigenvalue weighted by Gasteiger charge is -2.09. The van der Waals surface area contributed by atoms with Crippen LogP contribution in [0.15, 0.2) is 42.5 Å². The minimum atomic E-state index is 0.665. The predicted molar refractivity (Wildman–Crippen MR) is 75.5 cm³/mol. The highest BCUT2D eigenvalue weighted by molar-refractivity contribution is 6.30. The second-order valence-electron chi connectivity index (χ2n) is 4.18. The quantitative estimate of drug-likeness (QED) is 0.905. The van der Waals surface area contributed by atoms with Crippen molar-refractivity contribution < 1.29 is 4.74 Å². The number of hydrogen-bond donors (Lipinski definition) is 1. The van der Waals surface area contributed by atoms with Gasteiger partial charge in [-0.25, -0.2) is 0 Å². The van der Waals surface area contributed by atoms with E-state index in [4.69, 9.17) is 22.1 Å². The molecule has 0 radical (unpaired) electrons. The maximum absolute atomic E-state index is 5.83. The van der Waals surface area contributed by atoms with Gasteiger partial charge in [-0.1, -0.05) is 17.7 Å². The first-order chi connectivity index (χ1) is 8.69. The molecule has 3 heteroatoms. The Kier molecular flexibility index (Phi) is 4.24. The molecule has 2 aromatic rings. The van der Waals surface area contributed by atoms with Gasteiger partial charge >= 0.3 is 0 Å². The predicted octanol–water partition coefficient (Wildman–Crippen LogP) is 3.94. The Morgan fingerprint density at radius 2 is 1.72 bits per heavy atom. The van der Waals surface area contributed by atoms with E-state index >= 15 is 0 Å². The van der Waals surface area contributed by atoms with Crippen LogP contribution in [-0.2, 0) is 6.42 Å². The van der Waals surface area contributed by atoms with Crippen LogP contribution >= 0.6 is 11.6 Å². The molecule has 94 valence electrons. The molecule has 2 N–H and O–H groups in total. The van der Waals surface area contributed by atoms with Crippen LogP contribution in [0.3, 0.4) is 0 Å². The Morgan fingerprint density at radius 3 is 2.33 bits per heavy atom. The van der Waals surface area contributed by atoms with Gasteiger partial charge in [-0.2, -0.15) is 0 Å². The van der Waals surface area contributed by atoms with E-state index in [0.29, 0.717) is 11.6 Å². The van der Waals surface area contributed by atoms with Crippen molar-refractivity contribution in [2.45, 2.75) is 13.3 Å². The molecule has 0 heterocycles. The monoisotopic (exact) mass is 261 g/mol. The highest BCUT2D eigenvalue weighted by Crippen LogP contribution is 2.25. The van der Waals surface area contributed by atoms with Crippen LogP contribution in [0.2, 0.25) is 5.02 Å². The van der Waals surface area contributed by atoms with Crippen LogP contribution < -0.4 is 10.5 Å². The summed E-state index contributed by atoms with van der Waals surface area (Å²) in [7, 11) is 0. The van der Waals surface area contributed by atoms with E-state index in [1.807, 2.05) is 36.4 Å². The Hall–Kier alpha value is -1.51. The van der Waals surface area contributed by atoms with E-state index in [1.54, 1.807) is 0 Å². The van der Waals surface area contributed by atoms with E-state index in [0.717, 1.165) is 17.9 Å². The fourth-order valence-electron chi connectivity index (χ4n) is 1.81. The third-order valence-electron chi connectivity index (χ3n) is 2.78. The molecule has 0 fully saturated rings. The third-order valence-corrected chi connectivity index (χ3v) is 3.03. The summed E-state index contributed by atoms with van der Waals surface area (Å²) in [5.41, 5.74) is 8.03. The standard InChI is InChI=1S/C15H16ClNO/c1-11-10-15(5-2-12(11)8-9-17)18-14-6-3-13(16)4-7-14/h2-7,10H,8-9,17H2,1H3. The minimum absolute atomic E-state index is 0.665. The van der Waals surface area contributed by atoms with Gasteiger partial charge in [-0.3, -0.25) is 0 Å². The molecule has 2 nitrogen and oxygen atoms in total. The smallest absolute Gasteiger partial charge is 0.127 e. The number of aryl methyl sites for hydroxylation is 1. The summed E-state index contributed by atoms with van der Waals surface area (Å²) >= 11 is 5.83. The average Bonchev–Trinajstić information content (AvgIpc) is 2.36. The minimum Gasteiger partial charge on any atom is -0.457 e. The van der Waals surface area contributed by atoms with E-state index in [1.165, 1.54) is 11.1 Å². The Morgan fingerprint density at radius 1 is 1.06 bits per heavy atom. The van der Waals surface area contributed by atoms with E-state index in [2.05, 4.69) is 13.0 Å². The van der Waals surface area contributed by atoms with E-state index in [-0.39, 0.29) is 0 Å². The average molecular weight is 262 g/mol. The summed E-state index contributed by atoms with van der Waals surface area (Å²) in [5.74, 6) is 1.61. The summed E-state index contributed by atoms with van der Waals surface area (Å²) in [5, 5.41) is 0.705. The van der Waals surface area contributed by atoms with Crippen molar-refractivity contribution in [3.63, 3.8) is 0 Å². The lowest BCUT2D eigenvalue weighted by Crippen LogP contribution is -2.04. The highest BCUT2D eigenvalue weighted by Gasteiger charge is 2.02. The number of ether oxygens (including phenoxy) is 1. The normalized spacial score (nSPS) is 10.4. The molecule has 0 aliphatic carbocycles. The second kappa shape index (κ2) is 5.89. The van der Waals surface area contributed by atoms with Crippen molar-refractivity contribution in [3.8, 4) is 11.5 Å². The van der Waals surface area contributed by atoms with Gasteiger partial charge in [0.05, 0.1) is 0 Å². The van der Waals surface area contributed by atoms with Crippen LogP contribution in [0, 0.1) is 6.92 Å². The molecule has 0 aliphatic heterocycles. The molecule has 0 atom stereocenters. The molecule has 0 unspecified atom stereocenters. The molecule has 0 saturated heterocycles. The molecule has 0 bridgehead atoms. The maximum Gasteiger partial charge on any atom is 0.127 e. The molecule has 2 aromatic carbocycles. The first kappa shape index (κ1) is 12.9. The SMILES string of the molecule is Cc1cc(Oc2ccc(Cl)cc2)ccc1CCN. The van der Waals surface area contributed by atoms with Gasteiger partial charge in [-0.05, 0) is 67.4 Å². The summed E-state index contributed by atoms with van der Waals surface area (Å²) < 4.78 is 5.76. The molecule has 18 heavy (non-hydrogen) atoms. The van der Waals surface area contributed by atoms with Gasteiger partial charge in [0.2, 0.25) is 0 Å². The van der Waals surface area contributed by atoms with Gasteiger partial charge in [-0.15, -0.1) is 0 Å². The molecular formula is C15H16ClNO. The van der Waals surface area contributed by atoms with Gasteiger partial charge in [0.15, 0.2) is 0 Å². The molecule has 2 rings (SSSR count). The van der Waals surface area contributed by atoms with Crippen LogP contribution in [0.5, 0.6) is 11.5 Å². The molecule has 0 aliphatic rings. The van der Waals surface area contributed by atoms with Crippen molar-refractivity contribution in [1.29, 1.82) is 0 Å². The summed E-state index contributed by atoms with van der Waals surface area (Å²) in [4.78, 5) is 0. The number of benzene rings is 2. The van der Waals surface area contributed by atoms with Crippen LogP contribution in [0.4, 0.5) is 0 Å². The lowest BCUT2D eigenvalue weighted by molar-refractivity contribution is 0.482. The summed E-state index contributed by atoms with van der Waals surface area (Å²) in [6, 6.07) is 13.4. The number of halogens is 1. The fourth-order valence-corrected chi connectivity index (χ4v) is 1.93. The third kappa shape index (κ3) is 3.25. The number of rotatable bonds is 4. The van der Waals surface area contributed by atoms with Gasteiger partial charge in [0, 0.05) is 5.02 Å². The van der Waals surface area contributed by atoms with Crippen molar-refractivity contribution in [2.75, 3.05) is 6.54 Å². The number of hydrogen-bond acceptors (Lipinski definition) is 2. The van der Waals surface area contributed by atoms with Gasteiger partial charge in [0.25, 0.3) is 0 Å². The topological polar surface area (TPSA) is 35.2 Å². The first-order valence-corrected chi connectivity index (χ1v) is 6.30. The van der Waals surface area contributed by atoms with Crippen LogP contribution in [-0.4, -0.2) is 6.54 Å². The highest BCUT2D eigenvalue weighted by atomic mass is 35.5. The molecular weight excluding hydrogens is 246 g/mol. The van der Waals surface area contributed by atoms with E-state index < -0.39 is 0 Å². The first-order valence-electron chi connectivity index (χ1n) is 5.92. The Balaban J connectivity index is 2.14. The Bertz CT molecular complexity index is 523. The van der Waals surface area contributed by atoms with E-state index in [9.17, 15) is 0 Å².